The van der Waals surface area contributed by atoms with Crippen LogP contribution >= 0.6 is 0 Å². The molecule has 0 saturated heterocycles. The number of ether oxygens (including phenoxy) is 1. The van der Waals surface area contributed by atoms with Crippen LogP contribution in [0.25, 0.3) is 0 Å². The molecule has 1 heterocycles. The average Bonchev–Trinajstić information content (AvgIpc) is 2.69. The van der Waals surface area contributed by atoms with E-state index in [4.69, 9.17) is 4.74 Å². The van der Waals surface area contributed by atoms with E-state index in [2.05, 4.69) is 29.5 Å². The molecule has 0 aliphatic carbocycles. The van der Waals surface area contributed by atoms with Crippen LogP contribution in [0, 0.1) is 5.92 Å². The Morgan fingerprint density at radius 3 is 2.59 bits per heavy atom. The van der Waals surface area contributed by atoms with Crippen LogP contribution in [0.15, 0.2) is 0 Å². The van der Waals surface area contributed by atoms with E-state index in [0.717, 1.165) is 30.9 Å². The first-order valence-corrected chi connectivity index (χ1v) is 6.19. The number of hydrogen-bond acceptors (Lipinski definition) is 4. The van der Waals surface area contributed by atoms with Crippen molar-refractivity contribution in [3.05, 3.63) is 11.4 Å². The van der Waals surface area contributed by atoms with Crippen LogP contribution in [0.4, 0.5) is 0 Å². The summed E-state index contributed by atoms with van der Waals surface area (Å²) in [6.07, 6.45) is 1.13. The van der Waals surface area contributed by atoms with Crippen molar-refractivity contribution in [2.75, 3.05) is 14.2 Å². The van der Waals surface area contributed by atoms with E-state index in [0.29, 0.717) is 5.92 Å². The third kappa shape index (κ3) is 3.78. The van der Waals surface area contributed by atoms with Gasteiger partial charge in [-0.3, -0.25) is 0 Å². The molecule has 0 aliphatic rings. The zero-order valence-electron chi connectivity index (χ0n) is 11.5. The fourth-order valence-electron chi connectivity index (χ4n) is 1.75. The van der Waals surface area contributed by atoms with Gasteiger partial charge in [-0.15, -0.1) is 5.10 Å². The summed E-state index contributed by atoms with van der Waals surface area (Å²) in [5, 5.41) is 11.6. The van der Waals surface area contributed by atoms with Crippen molar-refractivity contribution in [2.45, 2.75) is 46.4 Å². The number of nitrogens with one attached hydrogen (secondary N) is 1. The lowest BCUT2D eigenvalue weighted by Gasteiger charge is -2.14. The van der Waals surface area contributed by atoms with Crippen LogP contribution < -0.4 is 5.32 Å². The first kappa shape index (κ1) is 14.1. The van der Waals surface area contributed by atoms with Gasteiger partial charge in [-0.05, 0) is 26.3 Å². The lowest BCUT2D eigenvalue weighted by molar-refractivity contribution is 0.110. The van der Waals surface area contributed by atoms with E-state index in [9.17, 15) is 0 Å². The second-order valence-corrected chi connectivity index (χ2v) is 4.74. The molecule has 98 valence electrons. The van der Waals surface area contributed by atoms with Crippen molar-refractivity contribution < 1.29 is 4.74 Å². The normalized spacial score (nSPS) is 13.3. The number of methoxy groups -OCH3 is 1. The van der Waals surface area contributed by atoms with E-state index < -0.39 is 0 Å². The quantitative estimate of drug-likeness (QED) is 0.789. The fraction of sp³-hybridized carbons (Fsp3) is 0.833. The summed E-state index contributed by atoms with van der Waals surface area (Å²) in [6.45, 7) is 8.08. The van der Waals surface area contributed by atoms with Gasteiger partial charge in [0.1, 0.15) is 5.69 Å². The van der Waals surface area contributed by atoms with Gasteiger partial charge >= 0.3 is 0 Å². The van der Waals surface area contributed by atoms with Gasteiger partial charge in [0.25, 0.3) is 0 Å². The topological polar surface area (TPSA) is 52.0 Å². The van der Waals surface area contributed by atoms with Crippen LogP contribution in [0.3, 0.4) is 0 Å². The minimum absolute atomic E-state index is 0.0283. The lowest BCUT2D eigenvalue weighted by Crippen LogP contribution is -2.14. The van der Waals surface area contributed by atoms with Gasteiger partial charge < -0.3 is 10.1 Å². The minimum Gasteiger partial charge on any atom is -0.375 e. The summed E-state index contributed by atoms with van der Waals surface area (Å²) in [5.74, 6) is 0.664. The molecule has 0 amide bonds. The molecular weight excluding hydrogens is 216 g/mol. The number of rotatable bonds is 7. The number of hydrogen-bond donors (Lipinski definition) is 1. The van der Waals surface area contributed by atoms with Crippen LogP contribution in [0.1, 0.15) is 44.7 Å². The highest BCUT2D eigenvalue weighted by Gasteiger charge is 2.18. The molecule has 1 aromatic rings. The van der Waals surface area contributed by atoms with E-state index in [-0.39, 0.29) is 6.10 Å². The number of aromatic nitrogens is 3. The predicted molar refractivity (Wildman–Crippen MR) is 67.7 cm³/mol. The molecule has 1 rings (SSSR count). The highest BCUT2D eigenvalue weighted by atomic mass is 16.5. The monoisotopic (exact) mass is 240 g/mol. The highest BCUT2D eigenvalue weighted by molar-refractivity contribution is 5.13. The summed E-state index contributed by atoms with van der Waals surface area (Å²) >= 11 is 0. The first-order chi connectivity index (χ1) is 8.10. The van der Waals surface area contributed by atoms with E-state index in [1.54, 1.807) is 7.11 Å². The Balaban J connectivity index is 2.87. The smallest absolute Gasteiger partial charge is 0.102 e. The molecule has 1 N–H and O–H groups in total. The maximum Gasteiger partial charge on any atom is 0.102 e. The van der Waals surface area contributed by atoms with Gasteiger partial charge in [-0.1, -0.05) is 19.1 Å². The van der Waals surface area contributed by atoms with Crippen molar-refractivity contribution in [3.63, 3.8) is 0 Å². The molecule has 0 saturated carbocycles. The minimum atomic E-state index is 0.0283. The van der Waals surface area contributed by atoms with Crippen LogP contribution in [0.2, 0.25) is 0 Å². The largest absolute Gasteiger partial charge is 0.375 e. The molecule has 1 aromatic heterocycles. The van der Waals surface area contributed by atoms with Crippen molar-refractivity contribution in [1.82, 2.24) is 20.3 Å². The molecule has 17 heavy (non-hydrogen) atoms. The fourth-order valence-corrected chi connectivity index (χ4v) is 1.75. The van der Waals surface area contributed by atoms with Crippen LogP contribution in [-0.2, 0) is 17.8 Å². The van der Waals surface area contributed by atoms with Crippen LogP contribution in [0.5, 0.6) is 0 Å². The van der Waals surface area contributed by atoms with Crippen molar-refractivity contribution in [2.24, 2.45) is 5.92 Å². The third-order valence-corrected chi connectivity index (χ3v) is 2.85. The number of aryl methyl sites for hydroxylation is 1. The molecule has 1 atom stereocenters. The summed E-state index contributed by atoms with van der Waals surface area (Å²) in [4.78, 5) is 0. The lowest BCUT2D eigenvalue weighted by atomic mass is 10.1. The van der Waals surface area contributed by atoms with Gasteiger partial charge in [0.2, 0.25) is 0 Å². The molecular formula is C12H24N4O. The summed E-state index contributed by atoms with van der Waals surface area (Å²) in [6, 6.07) is 0. The Kier molecular flexibility index (Phi) is 5.58. The third-order valence-electron chi connectivity index (χ3n) is 2.85. The molecule has 0 bridgehead atoms. The Hall–Kier alpha value is -0.940. The van der Waals surface area contributed by atoms with Crippen molar-refractivity contribution in [3.8, 4) is 0 Å². The predicted octanol–water partition coefficient (Wildman–Crippen LogP) is 1.75. The molecule has 0 radical (unpaired) electrons. The maximum absolute atomic E-state index is 5.40. The molecule has 5 heteroatoms. The zero-order chi connectivity index (χ0) is 12.8. The molecule has 5 nitrogen and oxygen atoms in total. The molecule has 0 fully saturated rings. The highest BCUT2D eigenvalue weighted by Crippen LogP contribution is 2.19. The van der Waals surface area contributed by atoms with E-state index in [1.807, 2.05) is 18.7 Å². The SMILES string of the molecule is CNCc1nnn(CCC(C)C)c1C(C)OC. The Labute approximate surface area is 104 Å². The maximum atomic E-state index is 5.40. The van der Waals surface area contributed by atoms with Gasteiger partial charge in [0.15, 0.2) is 0 Å². The standard InChI is InChI=1S/C12H24N4O/c1-9(2)6-7-16-12(10(3)17-5)11(8-13-4)14-15-16/h9-10,13H,6-8H2,1-5H3. The van der Waals surface area contributed by atoms with Gasteiger partial charge in [-0.25, -0.2) is 4.68 Å². The average molecular weight is 240 g/mol. The van der Waals surface area contributed by atoms with E-state index >= 15 is 0 Å². The molecule has 0 aliphatic heterocycles. The Morgan fingerprint density at radius 1 is 1.35 bits per heavy atom. The summed E-state index contributed by atoms with van der Waals surface area (Å²) in [7, 11) is 3.63. The van der Waals surface area contributed by atoms with E-state index in [1.165, 1.54) is 0 Å². The molecule has 0 spiro atoms. The summed E-state index contributed by atoms with van der Waals surface area (Å²) in [5.41, 5.74) is 2.06. The number of nitrogens with zero attached hydrogens (tertiary/aromatic N) is 3. The molecule has 0 aromatic carbocycles. The first-order valence-electron chi connectivity index (χ1n) is 6.19. The van der Waals surface area contributed by atoms with Crippen molar-refractivity contribution in [1.29, 1.82) is 0 Å². The molecule has 1 unspecified atom stereocenters. The summed E-state index contributed by atoms with van der Waals surface area (Å²) < 4.78 is 7.37. The second-order valence-electron chi connectivity index (χ2n) is 4.74. The van der Waals surface area contributed by atoms with Gasteiger partial charge in [-0.2, -0.15) is 0 Å². The second kappa shape index (κ2) is 6.71. The van der Waals surface area contributed by atoms with Crippen LogP contribution in [-0.4, -0.2) is 29.2 Å². The van der Waals surface area contributed by atoms with Crippen molar-refractivity contribution >= 4 is 0 Å². The van der Waals surface area contributed by atoms with Gasteiger partial charge in [0.05, 0.1) is 11.8 Å². The van der Waals surface area contributed by atoms with Gasteiger partial charge in [0, 0.05) is 20.2 Å². The Morgan fingerprint density at radius 2 is 2.06 bits per heavy atom. The zero-order valence-corrected chi connectivity index (χ0v) is 11.5. The Bertz CT molecular complexity index is 335.